The monoisotopic (exact) mass is 313 g/mol. The van der Waals surface area contributed by atoms with Crippen molar-refractivity contribution in [1.29, 1.82) is 0 Å². The number of hydrogen-bond donors (Lipinski definition) is 3. The van der Waals surface area contributed by atoms with Crippen LogP contribution in [0.1, 0.15) is 25.8 Å². The van der Waals surface area contributed by atoms with Crippen molar-refractivity contribution >= 4 is 23.5 Å². The zero-order valence-corrected chi connectivity index (χ0v) is 13.3. The minimum Gasteiger partial charge on any atom is -0.324 e. The summed E-state index contributed by atoms with van der Waals surface area (Å²) in [6.45, 7) is 5.78. The number of nitrogens with one attached hydrogen (secondary N) is 3. The van der Waals surface area contributed by atoms with Crippen molar-refractivity contribution in [1.82, 2.24) is 15.8 Å². The third-order valence-corrected chi connectivity index (χ3v) is 3.68. The van der Waals surface area contributed by atoms with Crippen LogP contribution in [0.5, 0.6) is 0 Å². The lowest BCUT2D eigenvalue weighted by molar-refractivity contribution is -0.129. The second-order valence-electron chi connectivity index (χ2n) is 5.89. The van der Waals surface area contributed by atoms with Crippen molar-refractivity contribution in [2.75, 3.05) is 5.32 Å². The summed E-state index contributed by atoms with van der Waals surface area (Å²) in [6, 6.07) is 6.88. The largest absolute Gasteiger partial charge is 0.324 e. The van der Waals surface area contributed by atoms with E-state index in [1.54, 1.807) is 5.01 Å². The smallest absolute Gasteiger partial charge is 0.249 e. The average Bonchev–Trinajstić information content (AvgIpc) is 2.90. The molecule has 1 aromatic carbocycles. The Balaban J connectivity index is 1.81. The highest BCUT2D eigenvalue weighted by molar-refractivity contribution is 6.07. The van der Waals surface area contributed by atoms with Gasteiger partial charge in [-0.25, -0.2) is 5.01 Å². The first kappa shape index (κ1) is 15.1. The summed E-state index contributed by atoms with van der Waals surface area (Å²) in [7, 11) is 0. The summed E-state index contributed by atoms with van der Waals surface area (Å²) in [5.41, 5.74) is 5.81. The van der Waals surface area contributed by atoms with Crippen LogP contribution in [-0.2, 0) is 9.59 Å². The molecule has 0 aliphatic carbocycles. The number of carbonyl (C=O) groups is 2. The number of rotatable bonds is 2. The maximum absolute atomic E-state index is 12.6. The molecule has 3 N–H and O–H groups in total. The number of hydrogen-bond acceptors (Lipinski definition) is 5. The number of amides is 2. The lowest BCUT2D eigenvalue weighted by atomic mass is 10.1. The molecule has 0 radical (unpaired) electrons. The van der Waals surface area contributed by atoms with Gasteiger partial charge in [0.2, 0.25) is 17.8 Å². The van der Waals surface area contributed by atoms with Crippen molar-refractivity contribution in [2.45, 2.75) is 33.2 Å². The standard InChI is InChI=1S/C16H19N5O2/c1-9(2)14-19-16-18-13(22)8-12(21(16)20-14)15(23)17-11-6-4-5-10(3)7-11/h4-7,12,20H,8H2,1-3H3,(H,17,23)(H,18,19,22). The summed E-state index contributed by atoms with van der Waals surface area (Å²) in [5.74, 6) is 0.541. The normalized spacial score (nSPS) is 19.5. The van der Waals surface area contributed by atoms with E-state index in [2.05, 4.69) is 21.1 Å². The van der Waals surface area contributed by atoms with Gasteiger partial charge in [0.05, 0.1) is 6.42 Å². The van der Waals surface area contributed by atoms with Gasteiger partial charge in [-0.1, -0.05) is 12.1 Å². The Morgan fingerprint density at radius 2 is 2.17 bits per heavy atom. The highest BCUT2D eigenvalue weighted by Gasteiger charge is 2.39. The molecule has 120 valence electrons. The number of carbonyl (C=O) groups excluding carboxylic acids is 2. The van der Waals surface area contributed by atoms with Gasteiger partial charge in [-0.3, -0.25) is 20.3 Å². The van der Waals surface area contributed by atoms with E-state index in [0.29, 0.717) is 17.5 Å². The minimum atomic E-state index is -0.653. The second-order valence-corrected chi connectivity index (χ2v) is 5.89. The quantitative estimate of drug-likeness (QED) is 0.767. The Morgan fingerprint density at radius 1 is 1.39 bits per heavy atom. The van der Waals surface area contributed by atoms with Gasteiger partial charge in [-0.15, -0.1) is 0 Å². The molecular formula is C16H19N5O2. The number of allylic oxidation sites excluding steroid dienone is 1. The molecule has 1 aromatic rings. The predicted octanol–water partition coefficient (Wildman–Crippen LogP) is 1.25. The molecule has 7 nitrogen and oxygen atoms in total. The van der Waals surface area contributed by atoms with Gasteiger partial charge >= 0.3 is 0 Å². The van der Waals surface area contributed by atoms with Gasteiger partial charge in [0, 0.05) is 5.69 Å². The Bertz CT molecular complexity index is 734. The van der Waals surface area contributed by atoms with E-state index in [-0.39, 0.29) is 18.2 Å². The zero-order valence-electron chi connectivity index (χ0n) is 13.3. The average molecular weight is 313 g/mol. The summed E-state index contributed by atoms with van der Waals surface area (Å²) < 4.78 is 0. The molecule has 3 rings (SSSR count). The van der Waals surface area contributed by atoms with Gasteiger partial charge in [-0.05, 0) is 44.0 Å². The number of aryl methyl sites for hydroxylation is 1. The predicted molar refractivity (Wildman–Crippen MR) is 87.1 cm³/mol. The maximum Gasteiger partial charge on any atom is 0.249 e. The number of guanidine groups is 1. The van der Waals surface area contributed by atoms with Gasteiger partial charge < -0.3 is 5.32 Å². The summed E-state index contributed by atoms with van der Waals surface area (Å²) in [6.07, 6.45) is 0.0692. The summed E-state index contributed by atoms with van der Waals surface area (Å²) in [5, 5.41) is 7.15. The van der Waals surface area contributed by atoms with E-state index in [0.717, 1.165) is 11.1 Å². The van der Waals surface area contributed by atoms with E-state index >= 15 is 0 Å². The maximum atomic E-state index is 12.6. The van der Waals surface area contributed by atoms with Gasteiger partial charge in [0.1, 0.15) is 11.9 Å². The second kappa shape index (κ2) is 5.75. The number of hydrazine groups is 1. The molecule has 7 heteroatoms. The van der Waals surface area contributed by atoms with Gasteiger partial charge in [0.15, 0.2) is 0 Å². The Kier molecular flexibility index (Phi) is 3.77. The fourth-order valence-corrected chi connectivity index (χ4v) is 2.49. The molecule has 2 heterocycles. The van der Waals surface area contributed by atoms with Crippen molar-refractivity contribution in [3.63, 3.8) is 0 Å². The van der Waals surface area contributed by atoms with Crippen LogP contribution in [0, 0.1) is 6.92 Å². The van der Waals surface area contributed by atoms with E-state index in [4.69, 9.17) is 0 Å². The van der Waals surface area contributed by atoms with Gasteiger partial charge in [-0.2, -0.15) is 4.99 Å². The molecule has 1 saturated heterocycles. The Labute approximate surface area is 134 Å². The minimum absolute atomic E-state index is 0.0692. The van der Waals surface area contributed by atoms with E-state index in [9.17, 15) is 9.59 Å². The van der Waals surface area contributed by atoms with E-state index in [1.807, 2.05) is 45.0 Å². The zero-order chi connectivity index (χ0) is 16.6. The SMILES string of the molecule is CC(C)=C1N=C2NC(=O)CC(C(=O)Nc3cccc(C)c3)N2N1. The van der Waals surface area contributed by atoms with Crippen LogP contribution in [-0.4, -0.2) is 28.8 Å². The van der Waals surface area contributed by atoms with Crippen LogP contribution in [0.4, 0.5) is 5.69 Å². The summed E-state index contributed by atoms with van der Waals surface area (Å²) >= 11 is 0. The fourth-order valence-electron chi connectivity index (χ4n) is 2.49. The first-order valence-electron chi connectivity index (χ1n) is 7.43. The molecule has 0 saturated carbocycles. The molecule has 1 atom stereocenters. The molecule has 1 unspecified atom stereocenters. The number of fused-ring (bicyclic) bond motifs is 1. The Morgan fingerprint density at radius 3 is 2.87 bits per heavy atom. The lowest BCUT2D eigenvalue weighted by Gasteiger charge is -2.32. The van der Waals surface area contributed by atoms with Crippen LogP contribution in [0.3, 0.4) is 0 Å². The molecule has 2 aliphatic heterocycles. The number of benzene rings is 1. The highest BCUT2D eigenvalue weighted by Crippen LogP contribution is 2.20. The first-order valence-corrected chi connectivity index (χ1v) is 7.43. The molecule has 23 heavy (non-hydrogen) atoms. The number of nitrogens with zero attached hydrogens (tertiary/aromatic N) is 2. The molecule has 0 aromatic heterocycles. The number of anilines is 1. The van der Waals surface area contributed by atoms with Gasteiger partial charge in [0.25, 0.3) is 0 Å². The summed E-state index contributed by atoms with van der Waals surface area (Å²) in [4.78, 5) is 28.8. The lowest BCUT2D eigenvalue weighted by Crippen LogP contribution is -2.61. The van der Waals surface area contributed by atoms with Crippen molar-refractivity contribution in [2.24, 2.45) is 4.99 Å². The molecule has 1 fully saturated rings. The van der Waals surface area contributed by atoms with Crippen molar-refractivity contribution in [3.05, 3.63) is 41.2 Å². The molecule has 2 aliphatic rings. The molecule has 0 spiro atoms. The molecule has 0 bridgehead atoms. The van der Waals surface area contributed by atoms with Crippen LogP contribution in [0.2, 0.25) is 0 Å². The van der Waals surface area contributed by atoms with Crippen molar-refractivity contribution in [3.8, 4) is 0 Å². The highest BCUT2D eigenvalue weighted by atomic mass is 16.2. The number of aliphatic imine (C=N–C) groups is 1. The molecule has 2 amide bonds. The van der Waals surface area contributed by atoms with E-state index < -0.39 is 6.04 Å². The topological polar surface area (TPSA) is 85.8 Å². The van der Waals surface area contributed by atoms with Crippen LogP contribution >= 0.6 is 0 Å². The van der Waals surface area contributed by atoms with Crippen LogP contribution in [0.15, 0.2) is 40.7 Å². The van der Waals surface area contributed by atoms with E-state index in [1.165, 1.54) is 0 Å². The fraction of sp³-hybridized carbons (Fsp3) is 0.312. The Hall–Kier alpha value is -2.83. The van der Waals surface area contributed by atoms with Crippen LogP contribution < -0.4 is 16.1 Å². The third-order valence-electron chi connectivity index (χ3n) is 3.68. The van der Waals surface area contributed by atoms with Crippen LogP contribution in [0.25, 0.3) is 0 Å². The third kappa shape index (κ3) is 3.03. The first-order chi connectivity index (χ1) is 10.9. The molecular weight excluding hydrogens is 294 g/mol. The van der Waals surface area contributed by atoms with Crippen molar-refractivity contribution < 1.29 is 9.59 Å².